The first-order valence-corrected chi connectivity index (χ1v) is 5.99. The fourth-order valence-corrected chi connectivity index (χ4v) is 1.57. The van der Waals surface area contributed by atoms with Crippen molar-refractivity contribution in [2.45, 2.75) is 12.8 Å². The highest BCUT2D eigenvalue weighted by Crippen LogP contribution is 2.12. The Hall–Kier alpha value is -1.28. The van der Waals surface area contributed by atoms with Crippen LogP contribution in [0, 0.1) is 7.05 Å². The number of nitrogens with zero attached hydrogens (tertiary/aromatic N) is 1. The molecule has 1 aromatic carbocycles. The number of unbranched alkanes of at least 4 members (excludes halogenated alkanes) is 1. The summed E-state index contributed by atoms with van der Waals surface area (Å²) in [6.07, 6.45) is 6.65. The van der Waals surface area contributed by atoms with Crippen LogP contribution in [0.15, 0.2) is 30.3 Å². The van der Waals surface area contributed by atoms with E-state index < -0.39 is 0 Å². The van der Waals surface area contributed by atoms with Gasteiger partial charge in [0.2, 0.25) is 0 Å². The summed E-state index contributed by atoms with van der Waals surface area (Å²) in [7, 11) is 9.97. The number of ether oxygens (including phenoxy) is 1. The minimum absolute atomic E-state index is 0.788. The molecule has 0 N–H and O–H groups in total. The van der Waals surface area contributed by atoms with Crippen molar-refractivity contribution in [3.8, 4) is 5.75 Å². The summed E-state index contributed by atoms with van der Waals surface area (Å²) in [4.78, 5) is 0. The van der Waals surface area contributed by atoms with E-state index in [9.17, 15) is 0 Å². The Morgan fingerprint density at radius 3 is 2.41 bits per heavy atom. The quantitative estimate of drug-likeness (QED) is 0.541. The summed E-state index contributed by atoms with van der Waals surface area (Å²) in [5.74, 6) is 0.901. The highest BCUT2D eigenvalue weighted by atomic mass is 16.5. The van der Waals surface area contributed by atoms with Crippen molar-refractivity contribution in [3.05, 3.63) is 43.0 Å². The molecule has 93 valence electrons. The Balaban J connectivity index is 2.33. The molecule has 2 nitrogen and oxygen atoms in total. The fraction of sp³-hybridized carbons (Fsp3) is 0.400. The van der Waals surface area contributed by atoms with Gasteiger partial charge < -0.3 is 9.22 Å². The van der Waals surface area contributed by atoms with E-state index in [1.165, 1.54) is 12.0 Å². The van der Waals surface area contributed by atoms with Crippen LogP contribution in [-0.2, 0) is 0 Å². The molecule has 0 bridgehead atoms. The molecule has 2 heteroatoms. The highest BCUT2D eigenvalue weighted by molar-refractivity contribution is 5.50. The number of quaternary nitrogens is 1. The maximum atomic E-state index is 5.12. The van der Waals surface area contributed by atoms with Crippen LogP contribution in [0.4, 0.5) is 0 Å². The van der Waals surface area contributed by atoms with Crippen LogP contribution in [-0.4, -0.2) is 32.2 Å². The topological polar surface area (TPSA) is 9.23 Å². The molecule has 0 saturated carbocycles. The molecule has 0 heterocycles. The van der Waals surface area contributed by atoms with Crippen molar-refractivity contribution in [2.75, 3.05) is 27.7 Å². The van der Waals surface area contributed by atoms with Gasteiger partial charge in [0, 0.05) is 6.42 Å². The summed E-state index contributed by atoms with van der Waals surface area (Å²) in [6.45, 7) is 1.10. The van der Waals surface area contributed by atoms with Gasteiger partial charge in [0.1, 0.15) is 12.8 Å². The van der Waals surface area contributed by atoms with Gasteiger partial charge in [-0.15, -0.1) is 0 Å². The van der Waals surface area contributed by atoms with E-state index in [0.29, 0.717) is 0 Å². The maximum absolute atomic E-state index is 5.12. The number of hydrogen-bond donors (Lipinski definition) is 0. The lowest BCUT2D eigenvalue weighted by Gasteiger charge is -2.22. The monoisotopic (exact) mass is 233 g/mol. The standard InChI is InChI=1S/C15H23NO/c1-16(2,3)13-7-5-6-8-14-9-11-15(17-4)12-10-14/h6,8-12H,1,5,7,13H2,2-4H3/q+1/b8-6+. The Morgan fingerprint density at radius 2 is 1.88 bits per heavy atom. The zero-order valence-electron chi connectivity index (χ0n) is 11.1. The SMILES string of the molecule is [CH2][N+](C)(C)CCC/C=C/c1ccc(OC)cc1. The van der Waals surface area contributed by atoms with Crippen LogP contribution in [0.5, 0.6) is 5.75 Å². The van der Waals surface area contributed by atoms with Gasteiger partial charge in [0.25, 0.3) is 0 Å². The van der Waals surface area contributed by atoms with Crippen LogP contribution in [0.2, 0.25) is 0 Å². The normalized spacial score (nSPS) is 12.0. The molecule has 1 rings (SSSR count). The molecule has 0 atom stereocenters. The summed E-state index contributed by atoms with van der Waals surface area (Å²) in [6, 6.07) is 8.10. The van der Waals surface area contributed by atoms with Gasteiger partial charge in [-0.1, -0.05) is 24.3 Å². The third kappa shape index (κ3) is 6.12. The number of rotatable bonds is 6. The average Bonchev–Trinajstić information content (AvgIpc) is 2.28. The third-order valence-corrected chi connectivity index (χ3v) is 2.56. The zero-order valence-corrected chi connectivity index (χ0v) is 11.1. The molecule has 0 aliphatic carbocycles. The average molecular weight is 233 g/mol. The fourth-order valence-electron chi connectivity index (χ4n) is 1.57. The molecular weight excluding hydrogens is 210 g/mol. The summed E-state index contributed by atoms with van der Waals surface area (Å²) >= 11 is 0. The van der Waals surface area contributed by atoms with E-state index in [-0.39, 0.29) is 0 Å². The summed E-state index contributed by atoms with van der Waals surface area (Å²) in [5.41, 5.74) is 1.22. The second-order valence-electron chi connectivity index (χ2n) is 4.98. The van der Waals surface area contributed by atoms with E-state index in [4.69, 9.17) is 4.74 Å². The Labute approximate surface area is 105 Å². The van der Waals surface area contributed by atoms with Gasteiger partial charge in [0.05, 0.1) is 27.7 Å². The van der Waals surface area contributed by atoms with Crippen molar-refractivity contribution >= 4 is 6.08 Å². The second-order valence-corrected chi connectivity index (χ2v) is 4.98. The first-order chi connectivity index (χ1) is 8.01. The van der Waals surface area contributed by atoms with Gasteiger partial charge in [-0.2, -0.15) is 0 Å². The molecule has 17 heavy (non-hydrogen) atoms. The molecule has 0 saturated heterocycles. The predicted octanol–water partition coefficient (Wildman–Crippen LogP) is 3.36. The minimum atomic E-state index is 0.788. The van der Waals surface area contributed by atoms with Crippen molar-refractivity contribution in [1.29, 1.82) is 0 Å². The van der Waals surface area contributed by atoms with Gasteiger partial charge in [-0.25, -0.2) is 0 Å². The van der Waals surface area contributed by atoms with Gasteiger partial charge in [-0.05, 0) is 24.1 Å². The second kappa shape index (κ2) is 6.45. The molecule has 1 aromatic rings. The van der Waals surface area contributed by atoms with E-state index in [0.717, 1.165) is 23.2 Å². The summed E-state index contributed by atoms with van der Waals surface area (Å²) < 4.78 is 5.90. The Bertz CT molecular complexity index is 346. The molecule has 0 spiro atoms. The lowest BCUT2D eigenvalue weighted by molar-refractivity contribution is -0.845. The smallest absolute Gasteiger partial charge is 0.128 e. The van der Waals surface area contributed by atoms with E-state index in [2.05, 4.69) is 45.4 Å². The Morgan fingerprint density at radius 1 is 1.24 bits per heavy atom. The number of allylic oxidation sites excluding steroid dienone is 1. The van der Waals surface area contributed by atoms with Crippen molar-refractivity contribution in [3.63, 3.8) is 0 Å². The third-order valence-electron chi connectivity index (χ3n) is 2.56. The first-order valence-electron chi connectivity index (χ1n) is 5.99. The molecule has 0 unspecified atom stereocenters. The highest BCUT2D eigenvalue weighted by Gasteiger charge is 2.04. The van der Waals surface area contributed by atoms with Gasteiger partial charge in [0.15, 0.2) is 0 Å². The number of methoxy groups -OCH3 is 1. The molecule has 1 radical (unpaired) electrons. The molecule has 0 amide bonds. The van der Waals surface area contributed by atoms with E-state index in [1.54, 1.807) is 7.11 Å². The van der Waals surface area contributed by atoms with Gasteiger partial charge >= 0.3 is 0 Å². The van der Waals surface area contributed by atoms with Crippen molar-refractivity contribution in [2.24, 2.45) is 0 Å². The van der Waals surface area contributed by atoms with Crippen molar-refractivity contribution in [1.82, 2.24) is 0 Å². The van der Waals surface area contributed by atoms with Crippen LogP contribution in [0.1, 0.15) is 18.4 Å². The maximum Gasteiger partial charge on any atom is 0.128 e. The lowest BCUT2D eigenvalue weighted by atomic mass is 10.2. The van der Waals surface area contributed by atoms with E-state index >= 15 is 0 Å². The Kier molecular flexibility index (Phi) is 5.23. The molecule has 0 aliphatic heterocycles. The number of hydrogen-bond acceptors (Lipinski definition) is 1. The van der Waals surface area contributed by atoms with E-state index in [1.807, 2.05) is 12.1 Å². The lowest BCUT2D eigenvalue weighted by Crippen LogP contribution is -2.32. The molecule has 0 aliphatic rings. The molecular formula is C15H23NO+. The van der Waals surface area contributed by atoms with Crippen LogP contribution >= 0.6 is 0 Å². The zero-order chi connectivity index (χ0) is 12.7. The van der Waals surface area contributed by atoms with Crippen LogP contribution in [0.3, 0.4) is 0 Å². The van der Waals surface area contributed by atoms with Gasteiger partial charge in [-0.3, -0.25) is 0 Å². The van der Waals surface area contributed by atoms with Crippen LogP contribution in [0.25, 0.3) is 6.08 Å². The predicted molar refractivity (Wildman–Crippen MR) is 73.6 cm³/mol. The first kappa shape index (κ1) is 13.8. The summed E-state index contributed by atoms with van der Waals surface area (Å²) in [5, 5.41) is 0. The minimum Gasteiger partial charge on any atom is -0.497 e. The largest absolute Gasteiger partial charge is 0.497 e. The number of benzene rings is 1. The van der Waals surface area contributed by atoms with Crippen LogP contribution < -0.4 is 4.74 Å². The van der Waals surface area contributed by atoms with Crippen molar-refractivity contribution < 1.29 is 9.22 Å². The molecule has 0 fully saturated rings. The molecule has 0 aromatic heterocycles.